The van der Waals surface area contributed by atoms with E-state index in [0.717, 1.165) is 4.47 Å². The van der Waals surface area contributed by atoms with Crippen molar-refractivity contribution in [2.24, 2.45) is 0 Å². The smallest absolute Gasteiger partial charge is 0.259 e. The van der Waals surface area contributed by atoms with Crippen LogP contribution in [0.4, 0.5) is 5.69 Å². The second kappa shape index (κ2) is 6.04. The molecule has 0 aliphatic carbocycles. The van der Waals surface area contributed by atoms with Crippen molar-refractivity contribution in [1.29, 1.82) is 0 Å². The molecule has 0 spiro atoms. The van der Waals surface area contributed by atoms with Crippen molar-refractivity contribution in [1.82, 2.24) is 4.98 Å². The van der Waals surface area contributed by atoms with Crippen molar-refractivity contribution in [2.45, 2.75) is 0 Å². The molecule has 1 heterocycles. The number of nitrogens with one attached hydrogen (secondary N) is 1. The van der Waals surface area contributed by atoms with Crippen LogP contribution in [-0.2, 0) is 0 Å². The van der Waals surface area contributed by atoms with Crippen molar-refractivity contribution in [2.75, 3.05) is 12.4 Å². The number of halogens is 2. The summed E-state index contributed by atoms with van der Waals surface area (Å²) >= 11 is 9.14. The molecule has 1 amide bonds. The third kappa shape index (κ3) is 3.45. The molecule has 0 aliphatic heterocycles. The highest BCUT2D eigenvalue weighted by Gasteiger charge is 2.13. The number of rotatable bonds is 3. The van der Waals surface area contributed by atoms with Crippen molar-refractivity contribution in [3.8, 4) is 5.75 Å². The van der Waals surface area contributed by atoms with Crippen LogP contribution in [0.3, 0.4) is 0 Å². The highest BCUT2D eigenvalue weighted by atomic mass is 79.9. The van der Waals surface area contributed by atoms with E-state index in [4.69, 9.17) is 16.3 Å². The molecule has 6 heteroatoms. The van der Waals surface area contributed by atoms with E-state index in [1.165, 1.54) is 7.11 Å². The average molecular weight is 342 g/mol. The molecule has 1 aromatic heterocycles. The van der Waals surface area contributed by atoms with Gasteiger partial charge in [0, 0.05) is 15.7 Å². The molecule has 0 unspecified atom stereocenters. The molecule has 1 aromatic carbocycles. The summed E-state index contributed by atoms with van der Waals surface area (Å²) in [7, 11) is 1.49. The van der Waals surface area contributed by atoms with Crippen molar-refractivity contribution >= 4 is 39.1 Å². The van der Waals surface area contributed by atoms with Crippen LogP contribution >= 0.6 is 27.5 Å². The van der Waals surface area contributed by atoms with Crippen LogP contribution in [0.25, 0.3) is 0 Å². The van der Waals surface area contributed by atoms with E-state index in [2.05, 4.69) is 26.2 Å². The van der Waals surface area contributed by atoms with Gasteiger partial charge >= 0.3 is 0 Å². The highest BCUT2D eigenvalue weighted by molar-refractivity contribution is 9.10. The lowest BCUT2D eigenvalue weighted by atomic mass is 10.2. The zero-order valence-electron chi connectivity index (χ0n) is 9.98. The van der Waals surface area contributed by atoms with Gasteiger partial charge in [-0.2, -0.15) is 0 Å². The van der Waals surface area contributed by atoms with Crippen LogP contribution in [0.2, 0.25) is 5.02 Å². The van der Waals surface area contributed by atoms with E-state index in [9.17, 15) is 4.79 Å². The molecule has 2 aromatic rings. The molecule has 1 N–H and O–H groups in total. The minimum atomic E-state index is -0.284. The topological polar surface area (TPSA) is 51.2 Å². The summed E-state index contributed by atoms with van der Waals surface area (Å²) < 4.78 is 5.92. The Balaban J connectivity index is 2.25. The Morgan fingerprint density at radius 3 is 2.84 bits per heavy atom. The molecule has 0 bridgehead atoms. The van der Waals surface area contributed by atoms with Gasteiger partial charge in [0.2, 0.25) is 0 Å². The molecule has 0 aliphatic rings. The quantitative estimate of drug-likeness (QED) is 0.925. The van der Waals surface area contributed by atoms with Gasteiger partial charge in [0.1, 0.15) is 5.75 Å². The number of hydrogen-bond donors (Lipinski definition) is 1. The number of carbonyl (C=O) groups excluding carboxylic acids is 1. The lowest BCUT2D eigenvalue weighted by Gasteiger charge is -2.09. The molecule has 2 rings (SSSR count). The van der Waals surface area contributed by atoms with Crippen molar-refractivity contribution in [3.05, 3.63) is 51.7 Å². The van der Waals surface area contributed by atoms with Gasteiger partial charge in [0.15, 0.2) is 0 Å². The molecule has 4 nitrogen and oxygen atoms in total. The fraction of sp³-hybridized carbons (Fsp3) is 0.0769. The summed E-state index contributed by atoms with van der Waals surface area (Å²) in [5, 5.41) is 3.25. The Hall–Kier alpha value is -1.59. The molecule has 0 saturated heterocycles. The minimum absolute atomic E-state index is 0.284. The highest BCUT2D eigenvalue weighted by Crippen LogP contribution is 2.24. The largest absolute Gasteiger partial charge is 0.496 e. The summed E-state index contributed by atoms with van der Waals surface area (Å²) in [6, 6.07) is 6.60. The maximum Gasteiger partial charge on any atom is 0.259 e. The van der Waals surface area contributed by atoms with Gasteiger partial charge in [0.25, 0.3) is 5.91 Å². The van der Waals surface area contributed by atoms with E-state index in [1.54, 1.807) is 36.7 Å². The number of anilines is 1. The van der Waals surface area contributed by atoms with E-state index >= 15 is 0 Å². The summed E-state index contributed by atoms with van der Waals surface area (Å²) in [6.45, 7) is 0. The Kier molecular flexibility index (Phi) is 4.39. The zero-order valence-corrected chi connectivity index (χ0v) is 12.3. The van der Waals surface area contributed by atoms with Gasteiger partial charge in [-0.1, -0.05) is 11.6 Å². The number of carbonyl (C=O) groups is 1. The maximum absolute atomic E-state index is 12.1. The number of amides is 1. The van der Waals surface area contributed by atoms with E-state index in [-0.39, 0.29) is 5.91 Å². The van der Waals surface area contributed by atoms with Gasteiger partial charge in [-0.25, -0.2) is 0 Å². The van der Waals surface area contributed by atoms with E-state index < -0.39 is 0 Å². The van der Waals surface area contributed by atoms with Gasteiger partial charge in [-0.15, -0.1) is 0 Å². The van der Waals surface area contributed by atoms with E-state index in [1.807, 2.05) is 0 Å². The van der Waals surface area contributed by atoms with Crippen molar-refractivity contribution < 1.29 is 9.53 Å². The van der Waals surface area contributed by atoms with Crippen molar-refractivity contribution in [3.63, 3.8) is 0 Å². The number of hydrogen-bond acceptors (Lipinski definition) is 3. The second-order valence-corrected chi connectivity index (χ2v) is 5.04. The monoisotopic (exact) mass is 340 g/mol. The molecular formula is C13H10BrClN2O2. The van der Waals surface area contributed by atoms with Gasteiger partial charge in [-0.05, 0) is 40.2 Å². The normalized spacial score (nSPS) is 10.1. The fourth-order valence-electron chi connectivity index (χ4n) is 1.53. The molecule has 0 radical (unpaired) electrons. The molecule has 19 heavy (non-hydrogen) atoms. The van der Waals surface area contributed by atoms with Crippen LogP contribution in [0, 0.1) is 0 Å². The summed E-state index contributed by atoms with van der Waals surface area (Å²) in [5.74, 6) is 0.140. The van der Waals surface area contributed by atoms with E-state index in [0.29, 0.717) is 22.0 Å². The molecule has 0 fully saturated rings. The van der Waals surface area contributed by atoms with Crippen LogP contribution < -0.4 is 10.1 Å². The first-order chi connectivity index (χ1) is 9.10. The SMILES string of the molecule is COc1cc(Cl)ccc1C(=O)Nc1cncc(Br)c1. The molecular weight excluding hydrogens is 332 g/mol. The number of nitrogens with zero attached hydrogens (tertiary/aromatic N) is 1. The van der Waals surface area contributed by atoms with Gasteiger partial charge in [0.05, 0.1) is 24.6 Å². The Morgan fingerprint density at radius 1 is 1.37 bits per heavy atom. The predicted molar refractivity (Wildman–Crippen MR) is 77.9 cm³/mol. The number of aromatic nitrogens is 1. The van der Waals surface area contributed by atoms with Crippen LogP contribution in [0.1, 0.15) is 10.4 Å². The minimum Gasteiger partial charge on any atom is -0.496 e. The van der Waals surface area contributed by atoms with Crippen LogP contribution in [0.15, 0.2) is 41.1 Å². The first-order valence-corrected chi connectivity index (χ1v) is 6.52. The Bertz CT molecular complexity index is 619. The average Bonchev–Trinajstić information content (AvgIpc) is 2.38. The van der Waals surface area contributed by atoms with Crippen LogP contribution in [-0.4, -0.2) is 18.0 Å². The lowest BCUT2D eigenvalue weighted by Crippen LogP contribution is -2.13. The summed E-state index contributed by atoms with van der Waals surface area (Å²) in [4.78, 5) is 16.1. The number of pyridine rings is 1. The fourth-order valence-corrected chi connectivity index (χ4v) is 2.06. The molecule has 0 atom stereocenters. The standard InChI is InChI=1S/C13H10BrClN2O2/c1-19-12-5-9(15)2-3-11(12)13(18)17-10-4-8(14)6-16-7-10/h2-7H,1H3,(H,17,18). The third-order valence-corrected chi connectivity index (χ3v) is 3.04. The summed E-state index contributed by atoms with van der Waals surface area (Å²) in [5.41, 5.74) is 1.00. The Labute approximate surface area is 123 Å². The second-order valence-electron chi connectivity index (χ2n) is 3.69. The first-order valence-electron chi connectivity index (χ1n) is 5.35. The maximum atomic E-state index is 12.1. The molecule has 98 valence electrons. The number of methoxy groups -OCH3 is 1. The molecule has 0 saturated carbocycles. The number of ether oxygens (including phenoxy) is 1. The van der Waals surface area contributed by atoms with Crippen LogP contribution in [0.5, 0.6) is 5.75 Å². The number of benzene rings is 1. The first kappa shape index (κ1) is 13.8. The van der Waals surface area contributed by atoms with Gasteiger partial charge < -0.3 is 10.1 Å². The third-order valence-electron chi connectivity index (χ3n) is 2.37. The zero-order chi connectivity index (χ0) is 13.8. The summed E-state index contributed by atoms with van der Waals surface area (Å²) in [6.07, 6.45) is 3.20. The predicted octanol–water partition coefficient (Wildman–Crippen LogP) is 3.76. The van der Waals surface area contributed by atoms with Gasteiger partial charge in [-0.3, -0.25) is 9.78 Å². The lowest BCUT2D eigenvalue weighted by molar-refractivity contribution is 0.102. The Morgan fingerprint density at radius 2 is 2.16 bits per heavy atom.